The van der Waals surface area contributed by atoms with Gasteiger partial charge in [0, 0.05) is 21.8 Å². The molecule has 1 amide bonds. The van der Waals surface area contributed by atoms with Crippen LogP contribution in [0.2, 0.25) is 0 Å². The SMILES string of the molecule is Cc1ccc([C@@H](Nc2nc(C)cc(C)n2)c2cc(C)sc2NC(=O)c2ccco2)cc1. The second-order valence-electron chi connectivity index (χ2n) is 7.54. The Morgan fingerprint density at radius 1 is 1.00 bits per heavy atom. The van der Waals surface area contributed by atoms with Gasteiger partial charge in [-0.1, -0.05) is 29.8 Å². The molecule has 0 unspecified atom stereocenters. The molecule has 2 N–H and O–H groups in total. The van der Waals surface area contributed by atoms with Crippen molar-refractivity contribution in [2.45, 2.75) is 33.7 Å². The highest BCUT2D eigenvalue weighted by Gasteiger charge is 2.23. The maximum atomic E-state index is 12.6. The van der Waals surface area contributed by atoms with Gasteiger partial charge in [0.25, 0.3) is 5.91 Å². The highest BCUT2D eigenvalue weighted by Crippen LogP contribution is 2.37. The van der Waals surface area contributed by atoms with Crippen molar-refractivity contribution in [1.82, 2.24) is 9.97 Å². The lowest BCUT2D eigenvalue weighted by Gasteiger charge is -2.21. The average molecular weight is 433 g/mol. The van der Waals surface area contributed by atoms with E-state index in [1.165, 1.54) is 23.2 Å². The van der Waals surface area contributed by atoms with Crippen LogP contribution in [0.1, 0.15) is 49.6 Å². The fourth-order valence-electron chi connectivity index (χ4n) is 3.44. The zero-order valence-electron chi connectivity index (χ0n) is 17.9. The maximum Gasteiger partial charge on any atom is 0.291 e. The van der Waals surface area contributed by atoms with Gasteiger partial charge in [-0.2, -0.15) is 0 Å². The third-order valence-electron chi connectivity index (χ3n) is 4.83. The first kappa shape index (κ1) is 20.8. The number of nitrogens with one attached hydrogen (secondary N) is 2. The van der Waals surface area contributed by atoms with Crippen LogP contribution in [0.25, 0.3) is 0 Å². The molecule has 0 saturated heterocycles. The molecule has 0 spiro atoms. The number of aryl methyl sites for hydroxylation is 4. The van der Waals surface area contributed by atoms with E-state index in [1.54, 1.807) is 12.1 Å². The quantitative estimate of drug-likeness (QED) is 0.401. The van der Waals surface area contributed by atoms with E-state index in [0.29, 0.717) is 5.95 Å². The molecule has 3 heterocycles. The third-order valence-corrected chi connectivity index (χ3v) is 5.82. The highest BCUT2D eigenvalue weighted by molar-refractivity contribution is 7.16. The van der Waals surface area contributed by atoms with Crippen LogP contribution in [0.5, 0.6) is 0 Å². The van der Waals surface area contributed by atoms with Gasteiger partial charge in [0.1, 0.15) is 5.00 Å². The summed E-state index contributed by atoms with van der Waals surface area (Å²) in [6.45, 7) is 7.98. The molecular weight excluding hydrogens is 408 g/mol. The number of thiophene rings is 1. The number of anilines is 2. The number of hydrogen-bond donors (Lipinski definition) is 2. The van der Waals surface area contributed by atoms with Crippen LogP contribution in [0.3, 0.4) is 0 Å². The van der Waals surface area contributed by atoms with Crippen molar-refractivity contribution in [3.05, 3.63) is 93.5 Å². The molecule has 158 valence electrons. The van der Waals surface area contributed by atoms with E-state index in [2.05, 4.69) is 57.9 Å². The van der Waals surface area contributed by atoms with Crippen LogP contribution in [0, 0.1) is 27.7 Å². The Kier molecular flexibility index (Phi) is 5.86. The molecule has 1 aromatic carbocycles. The molecule has 0 fully saturated rings. The number of furan rings is 1. The number of nitrogens with zero attached hydrogens (tertiary/aromatic N) is 2. The number of carbonyl (C=O) groups is 1. The Bertz CT molecular complexity index is 1180. The summed E-state index contributed by atoms with van der Waals surface area (Å²) in [6, 6.07) is 15.5. The van der Waals surface area contributed by atoms with E-state index in [4.69, 9.17) is 4.42 Å². The van der Waals surface area contributed by atoms with Crippen LogP contribution in [-0.2, 0) is 0 Å². The molecule has 0 aliphatic heterocycles. The summed E-state index contributed by atoms with van der Waals surface area (Å²) in [5, 5.41) is 7.26. The number of carbonyl (C=O) groups excluding carboxylic acids is 1. The molecule has 0 bridgehead atoms. The smallest absolute Gasteiger partial charge is 0.291 e. The van der Waals surface area contributed by atoms with E-state index < -0.39 is 0 Å². The van der Waals surface area contributed by atoms with Gasteiger partial charge in [-0.05, 0) is 57.5 Å². The second-order valence-corrected chi connectivity index (χ2v) is 8.79. The monoisotopic (exact) mass is 432 g/mol. The second kappa shape index (κ2) is 8.73. The van der Waals surface area contributed by atoms with Gasteiger partial charge in [0.05, 0.1) is 12.3 Å². The molecular formula is C24H24N4O2S. The number of aromatic nitrogens is 2. The molecule has 0 aliphatic rings. The minimum absolute atomic E-state index is 0.237. The largest absolute Gasteiger partial charge is 0.459 e. The summed E-state index contributed by atoms with van der Waals surface area (Å²) in [5.74, 6) is 0.545. The van der Waals surface area contributed by atoms with Crippen molar-refractivity contribution in [2.24, 2.45) is 0 Å². The van der Waals surface area contributed by atoms with Crippen LogP contribution < -0.4 is 10.6 Å². The zero-order chi connectivity index (χ0) is 22.0. The fourth-order valence-corrected chi connectivity index (χ4v) is 4.38. The van der Waals surface area contributed by atoms with Crippen LogP contribution in [0.15, 0.2) is 59.2 Å². The van der Waals surface area contributed by atoms with E-state index >= 15 is 0 Å². The van der Waals surface area contributed by atoms with Crippen molar-refractivity contribution in [2.75, 3.05) is 10.6 Å². The molecule has 3 aromatic heterocycles. The Morgan fingerprint density at radius 2 is 1.71 bits per heavy atom. The van der Waals surface area contributed by atoms with Crippen LogP contribution in [-0.4, -0.2) is 15.9 Å². The summed E-state index contributed by atoms with van der Waals surface area (Å²) in [7, 11) is 0. The molecule has 31 heavy (non-hydrogen) atoms. The predicted octanol–water partition coefficient (Wildman–Crippen LogP) is 5.82. The lowest BCUT2D eigenvalue weighted by molar-refractivity contribution is 0.0997. The summed E-state index contributed by atoms with van der Waals surface area (Å²) < 4.78 is 5.25. The predicted molar refractivity (Wildman–Crippen MR) is 124 cm³/mol. The lowest BCUT2D eigenvalue weighted by Crippen LogP contribution is -2.18. The standard InChI is InChI=1S/C24H24N4O2S/c1-14-7-9-18(10-8-14)21(27-24-25-15(2)12-16(3)26-24)19-13-17(4)31-23(19)28-22(29)20-6-5-11-30-20/h5-13,21H,1-4H3,(H,28,29)(H,25,26,27)/t21-/m1/s1. The van der Waals surface area contributed by atoms with Gasteiger partial charge in [-0.3, -0.25) is 4.79 Å². The van der Waals surface area contributed by atoms with Gasteiger partial charge >= 0.3 is 0 Å². The number of rotatable bonds is 6. The van der Waals surface area contributed by atoms with Gasteiger partial charge in [0.2, 0.25) is 5.95 Å². The molecule has 0 aliphatic carbocycles. The maximum absolute atomic E-state index is 12.6. The van der Waals surface area contributed by atoms with E-state index in [1.807, 2.05) is 26.8 Å². The van der Waals surface area contributed by atoms with Crippen molar-refractivity contribution in [3.8, 4) is 0 Å². The van der Waals surface area contributed by atoms with E-state index in [0.717, 1.165) is 32.4 Å². The Balaban J connectivity index is 1.74. The molecule has 4 aromatic rings. The Morgan fingerprint density at radius 3 is 2.35 bits per heavy atom. The fraction of sp³-hybridized carbons (Fsp3) is 0.208. The number of amides is 1. The molecule has 0 saturated carbocycles. The molecule has 0 radical (unpaired) electrons. The van der Waals surface area contributed by atoms with Crippen molar-refractivity contribution < 1.29 is 9.21 Å². The average Bonchev–Trinajstić information content (AvgIpc) is 3.36. The summed E-state index contributed by atoms with van der Waals surface area (Å²) >= 11 is 1.53. The first-order valence-electron chi connectivity index (χ1n) is 9.99. The van der Waals surface area contributed by atoms with Crippen molar-refractivity contribution >= 4 is 28.2 Å². The molecule has 1 atom stereocenters. The first-order valence-corrected chi connectivity index (χ1v) is 10.8. The van der Waals surface area contributed by atoms with E-state index in [9.17, 15) is 4.79 Å². The van der Waals surface area contributed by atoms with Gasteiger partial charge in [-0.25, -0.2) is 9.97 Å². The van der Waals surface area contributed by atoms with Gasteiger partial charge < -0.3 is 15.1 Å². The molecule has 4 rings (SSSR count). The van der Waals surface area contributed by atoms with Gasteiger partial charge in [-0.15, -0.1) is 11.3 Å². The van der Waals surface area contributed by atoms with Crippen LogP contribution in [0.4, 0.5) is 10.9 Å². The number of benzene rings is 1. The minimum atomic E-state index is -0.279. The van der Waals surface area contributed by atoms with Gasteiger partial charge in [0.15, 0.2) is 5.76 Å². The zero-order valence-corrected chi connectivity index (χ0v) is 18.7. The topological polar surface area (TPSA) is 80.0 Å². The Hall–Kier alpha value is -3.45. The summed E-state index contributed by atoms with van der Waals surface area (Å²) in [4.78, 5) is 22.9. The molecule has 7 heteroatoms. The van der Waals surface area contributed by atoms with Crippen molar-refractivity contribution in [1.29, 1.82) is 0 Å². The normalized spacial score (nSPS) is 11.9. The number of hydrogen-bond acceptors (Lipinski definition) is 6. The Labute approximate surface area is 185 Å². The lowest BCUT2D eigenvalue weighted by atomic mass is 9.99. The minimum Gasteiger partial charge on any atom is -0.459 e. The summed E-state index contributed by atoms with van der Waals surface area (Å²) in [6.07, 6.45) is 1.49. The summed E-state index contributed by atoms with van der Waals surface area (Å²) in [5.41, 5.74) is 4.97. The van der Waals surface area contributed by atoms with E-state index in [-0.39, 0.29) is 17.7 Å². The highest BCUT2D eigenvalue weighted by atomic mass is 32.1. The van der Waals surface area contributed by atoms with Crippen LogP contribution >= 0.6 is 11.3 Å². The first-order chi connectivity index (χ1) is 14.9. The van der Waals surface area contributed by atoms with Crippen molar-refractivity contribution in [3.63, 3.8) is 0 Å². The molecule has 6 nitrogen and oxygen atoms in total. The third kappa shape index (κ3) is 4.83.